The molecule has 3 nitrogen and oxygen atoms in total. The van der Waals surface area contributed by atoms with Gasteiger partial charge in [-0.25, -0.2) is 0 Å². The van der Waals surface area contributed by atoms with Gasteiger partial charge in [0.05, 0.1) is 0 Å². The molecule has 0 aromatic rings. The first-order valence-corrected chi connectivity index (χ1v) is 9.12. The van der Waals surface area contributed by atoms with Gasteiger partial charge in [0, 0.05) is 25.6 Å². The molecule has 1 amide bonds. The van der Waals surface area contributed by atoms with Crippen LogP contribution in [0.5, 0.6) is 0 Å². The Morgan fingerprint density at radius 1 is 1.10 bits per heavy atom. The molecule has 21 heavy (non-hydrogen) atoms. The number of hydrogen-bond acceptors (Lipinski definition) is 2. The SMILES string of the molecule is CCC1(CC)CCN(C(=O)CCC2CCC(N)CC2)CC1. The number of piperidine rings is 1. The van der Waals surface area contributed by atoms with Crippen molar-refractivity contribution in [2.45, 2.75) is 84.1 Å². The second-order valence-corrected chi connectivity index (χ2v) is 7.41. The summed E-state index contributed by atoms with van der Waals surface area (Å²) < 4.78 is 0. The number of amides is 1. The Morgan fingerprint density at radius 3 is 2.19 bits per heavy atom. The average molecular weight is 294 g/mol. The van der Waals surface area contributed by atoms with Crippen molar-refractivity contribution in [2.24, 2.45) is 17.1 Å². The first-order chi connectivity index (χ1) is 10.1. The lowest BCUT2D eigenvalue weighted by Gasteiger charge is -2.41. The number of likely N-dealkylation sites (tertiary alicyclic amines) is 1. The molecule has 0 aromatic heterocycles. The molecule has 3 heteroatoms. The van der Waals surface area contributed by atoms with Crippen LogP contribution in [0.15, 0.2) is 0 Å². The highest BCUT2D eigenvalue weighted by atomic mass is 16.2. The van der Waals surface area contributed by atoms with Gasteiger partial charge in [-0.2, -0.15) is 0 Å². The Labute approximate surface area is 130 Å². The number of nitrogens with two attached hydrogens (primary N) is 1. The molecule has 0 bridgehead atoms. The molecule has 0 atom stereocenters. The summed E-state index contributed by atoms with van der Waals surface area (Å²) in [6, 6.07) is 0.412. The molecule has 1 aliphatic heterocycles. The molecule has 1 saturated carbocycles. The van der Waals surface area contributed by atoms with Crippen LogP contribution in [-0.2, 0) is 4.79 Å². The van der Waals surface area contributed by atoms with Crippen LogP contribution in [0, 0.1) is 11.3 Å². The highest BCUT2D eigenvalue weighted by Crippen LogP contribution is 2.38. The quantitative estimate of drug-likeness (QED) is 0.840. The van der Waals surface area contributed by atoms with Crippen LogP contribution in [0.25, 0.3) is 0 Å². The predicted octanol–water partition coefficient (Wildman–Crippen LogP) is 3.71. The first kappa shape index (κ1) is 16.8. The number of carbonyl (C=O) groups is 1. The summed E-state index contributed by atoms with van der Waals surface area (Å²) in [5.74, 6) is 1.13. The van der Waals surface area contributed by atoms with Gasteiger partial charge in [0.25, 0.3) is 0 Å². The Morgan fingerprint density at radius 2 is 1.67 bits per heavy atom. The van der Waals surface area contributed by atoms with Crippen LogP contribution in [0.2, 0.25) is 0 Å². The smallest absolute Gasteiger partial charge is 0.222 e. The molecular weight excluding hydrogens is 260 g/mol. The minimum atomic E-state index is 0.394. The number of nitrogens with zero attached hydrogens (tertiary/aromatic N) is 1. The van der Waals surface area contributed by atoms with E-state index in [1.807, 2.05) is 0 Å². The van der Waals surface area contributed by atoms with Crippen LogP contribution >= 0.6 is 0 Å². The molecule has 0 radical (unpaired) electrons. The van der Waals surface area contributed by atoms with Gasteiger partial charge in [-0.15, -0.1) is 0 Å². The van der Waals surface area contributed by atoms with E-state index in [4.69, 9.17) is 5.73 Å². The third-order valence-corrected chi connectivity index (χ3v) is 6.33. The van der Waals surface area contributed by atoms with Gasteiger partial charge in [-0.05, 0) is 56.3 Å². The minimum Gasteiger partial charge on any atom is -0.343 e. The van der Waals surface area contributed by atoms with Crippen LogP contribution in [0.4, 0.5) is 0 Å². The summed E-state index contributed by atoms with van der Waals surface area (Å²) in [4.78, 5) is 14.5. The Balaban J connectivity index is 1.70. The van der Waals surface area contributed by atoms with Crippen molar-refractivity contribution >= 4 is 5.91 Å². The van der Waals surface area contributed by atoms with E-state index in [0.717, 1.165) is 44.7 Å². The van der Waals surface area contributed by atoms with Crippen molar-refractivity contribution in [3.8, 4) is 0 Å². The second kappa shape index (κ2) is 7.62. The molecule has 2 rings (SSSR count). The summed E-state index contributed by atoms with van der Waals surface area (Å²) >= 11 is 0. The number of rotatable bonds is 5. The topological polar surface area (TPSA) is 46.3 Å². The lowest BCUT2D eigenvalue weighted by atomic mass is 9.74. The average Bonchev–Trinajstić information content (AvgIpc) is 2.54. The van der Waals surface area contributed by atoms with Crippen LogP contribution in [0.3, 0.4) is 0 Å². The van der Waals surface area contributed by atoms with Gasteiger partial charge in [0.2, 0.25) is 5.91 Å². The maximum Gasteiger partial charge on any atom is 0.222 e. The molecule has 0 spiro atoms. The third-order valence-electron chi connectivity index (χ3n) is 6.33. The lowest BCUT2D eigenvalue weighted by Crippen LogP contribution is -2.42. The van der Waals surface area contributed by atoms with Crippen molar-refractivity contribution in [3.05, 3.63) is 0 Å². The molecule has 2 fully saturated rings. The molecule has 0 unspecified atom stereocenters. The lowest BCUT2D eigenvalue weighted by molar-refractivity contribution is -0.134. The van der Waals surface area contributed by atoms with E-state index < -0.39 is 0 Å². The van der Waals surface area contributed by atoms with Crippen molar-refractivity contribution < 1.29 is 4.79 Å². The number of hydrogen-bond donors (Lipinski definition) is 1. The van der Waals surface area contributed by atoms with Crippen molar-refractivity contribution in [1.29, 1.82) is 0 Å². The van der Waals surface area contributed by atoms with Crippen molar-refractivity contribution in [3.63, 3.8) is 0 Å². The zero-order chi connectivity index (χ0) is 15.3. The monoisotopic (exact) mass is 294 g/mol. The Hall–Kier alpha value is -0.570. The largest absolute Gasteiger partial charge is 0.343 e. The van der Waals surface area contributed by atoms with E-state index >= 15 is 0 Å². The first-order valence-electron chi connectivity index (χ1n) is 9.12. The van der Waals surface area contributed by atoms with Gasteiger partial charge in [-0.3, -0.25) is 4.79 Å². The van der Waals surface area contributed by atoms with E-state index in [2.05, 4.69) is 18.7 Å². The molecule has 1 aliphatic carbocycles. The van der Waals surface area contributed by atoms with E-state index in [9.17, 15) is 4.79 Å². The fraction of sp³-hybridized carbons (Fsp3) is 0.944. The molecule has 2 aliphatic rings. The van der Waals surface area contributed by atoms with Crippen molar-refractivity contribution in [1.82, 2.24) is 4.90 Å². The standard InChI is InChI=1S/C18H34N2O/c1-3-18(4-2)11-13-20(14-12-18)17(21)10-7-15-5-8-16(19)9-6-15/h15-16H,3-14,19H2,1-2H3. The molecule has 2 N–H and O–H groups in total. The molecular formula is C18H34N2O. The Bertz CT molecular complexity index is 320. The minimum absolute atomic E-state index is 0.394. The maximum atomic E-state index is 12.4. The van der Waals surface area contributed by atoms with Gasteiger partial charge in [-0.1, -0.05) is 26.7 Å². The second-order valence-electron chi connectivity index (χ2n) is 7.41. The fourth-order valence-corrected chi connectivity index (χ4v) is 4.15. The molecule has 0 aromatic carbocycles. The summed E-state index contributed by atoms with van der Waals surface area (Å²) in [5.41, 5.74) is 6.46. The highest BCUT2D eigenvalue weighted by Gasteiger charge is 2.32. The predicted molar refractivity (Wildman–Crippen MR) is 88.0 cm³/mol. The van der Waals surface area contributed by atoms with E-state index in [1.54, 1.807) is 0 Å². The number of carbonyl (C=O) groups excluding carboxylic acids is 1. The van der Waals surface area contributed by atoms with Crippen LogP contribution in [-0.4, -0.2) is 29.9 Å². The summed E-state index contributed by atoms with van der Waals surface area (Å²) in [6.07, 6.45) is 11.5. The third kappa shape index (κ3) is 4.45. The van der Waals surface area contributed by atoms with Crippen LogP contribution in [0.1, 0.15) is 78.1 Å². The van der Waals surface area contributed by atoms with Crippen molar-refractivity contribution in [2.75, 3.05) is 13.1 Å². The zero-order valence-corrected chi connectivity index (χ0v) is 14.1. The van der Waals surface area contributed by atoms with E-state index in [-0.39, 0.29) is 0 Å². The summed E-state index contributed by atoms with van der Waals surface area (Å²) in [7, 11) is 0. The van der Waals surface area contributed by atoms with Gasteiger partial charge >= 0.3 is 0 Å². The van der Waals surface area contributed by atoms with E-state index in [0.29, 0.717) is 17.4 Å². The fourth-order valence-electron chi connectivity index (χ4n) is 4.15. The van der Waals surface area contributed by atoms with Gasteiger partial charge in [0.1, 0.15) is 0 Å². The Kier molecular flexibility index (Phi) is 6.09. The summed E-state index contributed by atoms with van der Waals surface area (Å²) in [5, 5.41) is 0. The molecule has 1 heterocycles. The maximum absolute atomic E-state index is 12.4. The normalized spacial score (nSPS) is 29.4. The van der Waals surface area contributed by atoms with Gasteiger partial charge in [0.15, 0.2) is 0 Å². The van der Waals surface area contributed by atoms with E-state index in [1.165, 1.54) is 38.5 Å². The zero-order valence-electron chi connectivity index (χ0n) is 14.1. The summed E-state index contributed by atoms with van der Waals surface area (Å²) in [6.45, 7) is 6.57. The van der Waals surface area contributed by atoms with Crippen LogP contribution < -0.4 is 5.73 Å². The highest BCUT2D eigenvalue weighted by molar-refractivity contribution is 5.76. The molecule has 122 valence electrons. The van der Waals surface area contributed by atoms with Gasteiger partial charge < -0.3 is 10.6 Å². The molecule has 1 saturated heterocycles.